The third-order valence-electron chi connectivity index (χ3n) is 4.49. The second kappa shape index (κ2) is 8.59. The average Bonchev–Trinajstić information content (AvgIpc) is 3.43. The number of alkyl carbamates (subject to hydrolysis) is 1. The zero-order valence-corrected chi connectivity index (χ0v) is 17.0. The number of halogens is 1. The second-order valence-corrected chi connectivity index (χ2v) is 8.33. The number of carbonyl (C=O) groups is 2. The van der Waals surface area contributed by atoms with Gasteiger partial charge in [-0.2, -0.15) is 0 Å². The van der Waals surface area contributed by atoms with Crippen molar-refractivity contribution in [1.29, 1.82) is 0 Å². The zero-order chi connectivity index (χ0) is 21.8. The Hall–Kier alpha value is -2.97. The Balaban J connectivity index is 2.04. The monoisotopic (exact) mass is 407 g/mol. The van der Waals surface area contributed by atoms with Crippen molar-refractivity contribution in [2.45, 2.75) is 51.7 Å². The average molecular weight is 407 g/mol. The smallest absolute Gasteiger partial charge is 0.407 e. The van der Waals surface area contributed by atoms with Crippen LogP contribution in [-0.2, 0) is 9.53 Å². The van der Waals surface area contributed by atoms with E-state index < -0.39 is 39.6 Å². The molecule has 1 aliphatic rings. The summed E-state index contributed by atoms with van der Waals surface area (Å²) in [6.07, 6.45) is 3.69. The summed E-state index contributed by atoms with van der Waals surface area (Å²) >= 11 is 0. The molecule has 1 aliphatic carbocycles. The fourth-order valence-corrected chi connectivity index (χ4v) is 2.89. The fraction of sp³-hybridized carbons (Fsp3) is 0.500. The van der Waals surface area contributed by atoms with Crippen LogP contribution in [0.25, 0.3) is 6.08 Å². The Morgan fingerprint density at radius 2 is 1.97 bits per heavy atom. The number of amides is 2. The van der Waals surface area contributed by atoms with Crippen molar-refractivity contribution in [3.63, 3.8) is 0 Å². The Morgan fingerprint density at radius 1 is 1.31 bits per heavy atom. The molecule has 0 heterocycles. The normalized spacial score (nSPS) is 16.2. The van der Waals surface area contributed by atoms with Gasteiger partial charge in [0.1, 0.15) is 11.4 Å². The van der Waals surface area contributed by atoms with E-state index in [9.17, 15) is 24.1 Å². The minimum absolute atomic E-state index is 0.117. The fourth-order valence-electron chi connectivity index (χ4n) is 2.89. The number of carbonyl (C=O) groups excluding carboxylic acids is 2. The molecule has 1 atom stereocenters. The van der Waals surface area contributed by atoms with E-state index in [4.69, 9.17) is 4.74 Å². The highest BCUT2D eigenvalue weighted by Crippen LogP contribution is 2.39. The molecule has 8 nitrogen and oxygen atoms in total. The minimum Gasteiger partial charge on any atom is -0.444 e. The van der Waals surface area contributed by atoms with Gasteiger partial charge >= 0.3 is 6.09 Å². The predicted octanol–water partition coefficient (Wildman–Crippen LogP) is 3.56. The van der Waals surface area contributed by atoms with Crippen molar-refractivity contribution < 1.29 is 23.6 Å². The second-order valence-electron chi connectivity index (χ2n) is 8.33. The number of nitro benzene ring substituents is 1. The highest BCUT2D eigenvalue weighted by molar-refractivity contribution is 5.93. The van der Waals surface area contributed by atoms with Crippen LogP contribution in [-0.4, -0.2) is 34.6 Å². The lowest BCUT2D eigenvalue weighted by molar-refractivity contribution is -0.385. The van der Waals surface area contributed by atoms with Crippen molar-refractivity contribution in [2.75, 3.05) is 6.54 Å². The molecule has 2 rings (SSSR count). The van der Waals surface area contributed by atoms with Crippen LogP contribution in [0.5, 0.6) is 0 Å². The first-order valence-corrected chi connectivity index (χ1v) is 9.31. The molecule has 0 aliphatic heterocycles. The molecule has 158 valence electrons. The molecule has 0 saturated heterocycles. The Morgan fingerprint density at radius 3 is 2.52 bits per heavy atom. The highest BCUT2D eigenvalue weighted by atomic mass is 19.1. The lowest BCUT2D eigenvalue weighted by Gasteiger charge is -2.31. The van der Waals surface area contributed by atoms with Crippen molar-refractivity contribution in [3.8, 4) is 0 Å². The summed E-state index contributed by atoms with van der Waals surface area (Å²) in [6.45, 7) is 7.28. The van der Waals surface area contributed by atoms with Crippen LogP contribution in [0, 0.1) is 21.8 Å². The van der Waals surface area contributed by atoms with Gasteiger partial charge in [0.15, 0.2) is 0 Å². The number of nitrogens with one attached hydrogen (secondary N) is 2. The summed E-state index contributed by atoms with van der Waals surface area (Å²) in [5, 5.41) is 16.6. The van der Waals surface area contributed by atoms with E-state index >= 15 is 0 Å². The third-order valence-corrected chi connectivity index (χ3v) is 4.49. The number of nitrogens with zero attached hydrogens (tertiary/aromatic N) is 1. The largest absolute Gasteiger partial charge is 0.444 e. The van der Waals surface area contributed by atoms with Gasteiger partial charge in [0.2, 0.25) is 5.91 Å². The van der Waals surface area contributed by atoms with Gasteiger partial charge in [-0.05, 0) is 64.7 Å². The van der Waals surface area contributed by atoms with Crippen LogP contribution >= 0.6 is 0 Å². The number of ether oxygens (including phenoxy) is 1. The van der Waals surface area contributed by atoms with E-state index in [2.05, 4.69) is 10.6 Å². The topological polar surface area (TPSA) is 111 Å². The van der Waals surface area contributed by atoms with Gasteiger partial charge in [0, 0.05) is 12.6 Å². The molecule has 29 heavy (non-hydrogen) atoms. The van der Waals surface area contributed by atoms with E-state index in [1.54, 1.807) is 20.8 Å². The van der Waals surface area contributed by atoms with Crippen LogP contribution in [0.1, 0.15) is 46.1 Å². The lowest BCUT2D eigenvalue weighted by Crippen LogP contribution is -2.55. The molecule has 0 radical (unpaired) electrons. The molecular formula is C20H26FN3O5. The third kappa shape index (κ3) is 6.85. The van der Waals surface area contributed by atoms with Gasteiger partial charge in [-0.25, -0.2) is 9.18 Å². The molecule has 1 fully saturated rings. The van der Waals surface area contributed by atoms with E-state index in [-0.39, 0.29) is 18.0 Å². The molecule has 1 aromatic carbocycles. The summed E-state index contributed by atoms with van der Waals surface area (Å²) < 4.78 is 18.4. The van der Waals surface area contributed by atoms with Gasteiger partial charge in [0.25, 0.3) is 5.69 Å². The Bertz CT molecular complexity index is 830. The summed E-state index contributed by atoms with van der Waals surface area (Å²) in [5.74, 6) is -0.994. The number of rotatable bonds is 7. The number of hydrogen-bond donors (Lipinski definition) is 2. The number of hydrogen-bond acceptors (Lipinski definition) is 5. The summed E-state index contributed by atoms with van der Waals surface area (Å²) in [5.41, 5.74) is -1.62. The zero-order valence-electron chi connectivity index (χ0n) is 17.0. The van der Waals surface area contributed by atoms with E-state index in [0.29, 0.717) is 0 Å². The standard InChI is InChI=1S/C20H26FN3O5/c1-19(2,3)29-18(26)22-12-20(4,14-7-8-14)23-17(25)10-6-13-5-9-15(21)11-16(13)24(27)28/h5-6,9-11,14H,7-8,12H2,1-4H3,(H,22,26)(H,23,25). The molecule has 0 bridgehead atoms. The first-order valence-electron chi connectivity index (χ1n) is 9.31. The van der Waals surface area contributed by atoms with Crippen molar-refractivity contribution in [2.24, 2.45) is 5.92 Å². The van der Waals surface area contributed by atoms with Crippen LogP contribution in [0.3, 0.4) is 0 Å². The summed E-state index contributed by atoms with van der Waals surface area (Å²) in [7, 11) is 0. The SMILES string of the molecule is CC(C)(C)OC(=O)NCC(C)(NC(=O)C=Cc1ccc(F)cc1[N+](=O)[O-])C1CC1. The minimum atomic E-state index is -0.729. The van der Waals surface area contributed by atoms with Crippen LogP contribution in [0.2, 0.25) is 0 Å². The Labute approximate surface area is 168 Å². The molecular weight excluding hydrogens is 381 g/mol. The molecule has 0 spiro atoms. The number of benzene rings is 1. The predicted molar refractivity (Wildman–Crippen MR) is 106 cm³/mol. The summed E-state index contributed by atoms with van der Waals surface area (Å²) in [6, 6.07) is 3.13. The van der Waals surface area contributed by atoms with Crippen LogP contribution in [0.4, 0.5) is 14.9 Å². The number of nitro groups is 1. The van der Waals surface area contributed by atoms with Crippen LogP contribution < -0.4 is 10.6 Å². The van der Waals surface area contributed by atoms with Gasteiger partial charge < -0.3 is 15.4 Å². The van der Waals surface area contributed by atoms with Crippen molar-refractivity contribution in [1.82, 2.24) is 10.6 Å². The van der Waals surface area contributed by atoms with E-state index in [1.807, 2.05) is 6.92 Å². The van der Waals surface area contributed by atoms with Crippen molar-refractivity contribution >= 4 is 23.8 Å². The first-order chi connectivity index (χ1) is 13.4. The lowest BCUT2D eigenvalue weighted by atomic mass is 9.95. The van der Waals surface area contributed by atoms with E-state index in [1.165, 1.54) is 12.1 Å². The molecule has 2 amide bonds. The highest BCUT2D eigenvalue weighted by Gasteiger charge is 2.42. The summed E-state index contributed by atoms with van der Waals surface area (Å²) in [4.78, 5) is 34.7. The van der Waals surface area contributed by atoms with Crippen molar-refractivity contribution in [3.05, 3.63) is 45.8 Å². The molecule has 0 aromatic heterocycles. The Kier molecular flexibility index (Phi) is 6.61. The molecule has 1 unspecified atom stereocenters. The van der Waals surface area contributed by atoms with Crippen LogP contribution in [0.15, 0.2) is 24.3 Å². The molecule has 1 aromatic rings. The van der Waals surface area contributed by atoms with Gasteiger partial charge in [-0.3, -0.25) is 14.9 Å². The molecule has 9 heteroatoms. The quantitative estimate of drug-likeness (QED) is 0.408. The maximum Gasteiger partial charge on any atom is 0.407 e. The van der Waals surface area contributed by atoms with Gasteiger partial charge in [-0.1, -0.05) is 0 Å². The van der Waals surface area contributed by atoms with E-state index in [0.717, 1.165) is 31.1 Å². The first kappa shape index (κ1) is 22.3. The molecule has 2 N–H and O–H groups in total. The molecule has 1 saturated carbocycles. The van der Waals surface area contributed by atoms with Gasteiger partial charge in [-0.15, -0.1) is 0 Å². The van der Waals surface area contributed by atoms with Gasteiger partial charge in [0.05, 0.1) is 22.1 Å². The maximum absolute atomic E-state index is 13.2. The maximum atomic E-state index is 13.2.